The molecule has 2 aliphatic rings. The minimum atomic E-state index is -0.150. The second-order valence-corrected chi connectivity index (χ2v) is 7.79. The molecule has 4 rings (SSSR count). The van der Waals surface area contributed by atoms with Gasteiger partial charge in [-0.05, 0) is 68.0 Å². The number of benzene rings is 1. The average Bonchev–Trinajstić information content (AvgIpc) is 3.13. The quantitative estimate of drug-likeness (QED) is 0.891. The van der Waals surface area contributed by atoms with Gasteiger partial charge in [-0.25, -0.2) is 0 Å². The topological polar surface area (TPSA) is 54.3 Å². The van der Waals surface area contributed by atoms with Gasteiger partial charge in [0.15, 0.2) is 0 Å². The number of hydrogen-bond acceptors (Lipinski definition) is 2. The van der Waals surface area contributed by atoms with E-state index in [4.69, 9.17) is 0 Å². The van der Waals surface area contributed by atoms with Crippen LogP contribution in [0.2, 0.25) is 0 Å². The van der Waals surface area contributed by atoms with Crippen LogP contribution in [-0.2, 0) is 7.05 Å². The molecule has 2 amide bonds. The first-order valence-corrected chi connectivity index (χ1v) is 9.97. The minimum absolute atomic E-state index is 0.131. The summed E-state index contributed by atoms with van der Waals surface area (Å²) in [5.41, 5.74) is 2.01. The van der Waals surface area contributed by atoms with Gasteiger partial charge >= 0.3 is 0 Å². The smallest absolute Gasteiger partial charge is 0.272 e. The Morgan fingerprint density at radius 2 is 1.74 bits per heavy atom. The SMILES string of the molecule is Cn1cccc1C(=O)Nc1ccc(C(=O)N2CCC[C@@H]3CCCC[C@@H]32)cc1. The molecule has 0 spiro atoms. The van der Waals surface area contributed by atoms with Crippen LogP contribution in [0.4, 0.5) is 5.69 Å². The highest BCUT2D eigenvalue weighted by Crippen LogP contribution is 2.36. The maximum absolute atomic E-state index is 13.1. The number of amides is 2. The molecule has 1 aromatic heterocycles. The van der Waals surface area contributed by atoms with E-state index in [9.17, 15) is 9.59 Å². The summed E-state index contributed by atoms with van der Waals surface area (Å²) in [6, 6.07) is 11.3. The molecule has 0 radical (unpaired) electrons. The van der Waals surface area contributed by atoms with Crippen LogP contribution in [0.3, 0.4) is 0 Å². The zero-order valence-electron chi connectivity index (χ0n) is 15.9. The zero-order chi connectivity index (χ0) is 18.8. The van der Waals surface area contributed by atoms with E-state index in [0.717, 1.165) is 19.4 Å². The fraction of sp³-hybridized carbons (Fsp3) is 0.455. The first kappa shape index (κ1) is 17.8. The Balaban J connectivity index is 1.44. The van der Waals surface area contributed by atoms with E-state index in [-0.39, 0.29) is 11.8 Å². The Labute approximate surface area is 160 Å². The number of rotatable bonds is 3. The Kier molecular flexibility index (Phi) is 5.01. The van der Waals surface area contributed by atoms with Gasteiger partial charge in [-0.1, -0.05) is 12.8 Å². The summed E-state index contributed by atoms with van der Waals surface area (Å²) >= 11 is 0. The van der Waals surface area contributed by atoms with Crippen LogP contribution in [0.15, 0.2) is 42.6 Å². The molecule has 142 valence electrons. The summed E-state index contributed by atoms with van der Waals surface area (Å²) in [6.07, 6.45) is 9.15. The second kappa shape index (κ2) is 7.59. The third-order valence-electron chi connectivity index (χ3n) is 6.07. The third-order valence-corrected chi connectivity index (χ3v) is 6.07. The number of aromatic nitrogens is 1. The molecule has 1 aliphatic heterocycles. The number of aryl methyl sites for hydroxylation is 1. The Hall–Kier alpha value is -2.56. The molecule has 5 heteroatoms. The molecule has 2 aromatic rings. The summed E-state index contributed by atoms with van der Waals surface area (Å²) in [4.78, 5) is 27.5. The monoisotopic (exact) mass is 365 g/mol. The van der Waals surface area contributed by atoms with Crippen LogP contribution in [0.5, 0.6) is 0 Å². The molecule has 2 atom stereocenters. The fourth-order valence-corrected chi connectivity index (χ4v) is 4.63. The molecule has 1 aromatic carbocycles. The lowest BCUT2D eigenvalue weighted by molar-refractivity contribution is 0.0390. The maximum atomic E-state index is 13.1. The van der Waals surface area contributed by atoms with E-state index in [2.05, 4.69) is 10.2 Å². The van der Waals surface area contributed by atoms with E-state index in [1.165, 1.54) is 25.7 Å². The van der Waals surface area contributed by atoms with Gasteiger partial charge in [-0.3, -0.25) is 9.59 Å². The molecule has 1 saturated heterocycles. The molecule has 0 unspecified atom stereocenters. The predicted octanol–water partition coefficient (Wildman–Crippen LogP) is 4.07. The predicted molar refractivity (Wildman–Crippen MR) is 106 cm³/mol. The highest BCUT2D eigenvalue weighted by atomic mass is 16.2. The van der Waals surface area contributed by atoms with Crippen molar-refractivity contribution in [3.63, 3.8) is 0 Å². The van der Waals surface area contributed by atoms with Crippen LogP contribution in [0.25, 0.3) is 0 Å². The number of fused-ring (bicyclic) bond motifs is 1. The lowest BCUT2D eigenvalue weighted by atomic mass is 9.78. The molecule has 1 saturated carbocycles. The van der Waals surface area contributed by atoms with Crippen molar-refractivity contribution in [1.82, 2.24) is 9.47 Å². The van der Waals surface area contributed by atoms with Gasteiger partial charge < -0.3 is 14.8 Å². The summed E-state index contributed by atoms with van der Waals surface area (Å²) in [5.74, 6) is 0.662. The third kappa shape index (κ3) is 3.64. The fourth-order valence-electron chi connectivity index (χ4n) is 4.63. The lowest BCUT2D eigenvalue weighted by Crippen LogP contribution is -2.49. The van der Waals surface area contributed by atoms with Crippen LogP contribution in [0, 0.1) is 5.92 Å². The Morgan fingerprint density at radius 1 is 1.00 bits per heavy atom. The van der Waals surface area contributed by atoms with E-state index in [0.29, 0.717) is 28.9 Å². The van der Waals surface area contributed by atoms with E-state index in [1.54, 1.807) is 10.6 Å². The molecule has 2 fully saturated rings. The number of likely N-dealkylation sites (tertiary alicyclic amines) is 1. The number of carbonyl (C=O) groups is 2. The first-order valence-electron chi connectivity index (χ1n) is 9.97. The highest BCUT2D eigenvalue weighted by molar-refractivity contribution is 6.03. The van der Waals surface area contributed by atoms with Gasteiger partial charge in [0.05, 0.1) is 0 Å². The van der Waals surface area contributed by atoms with Crippen LogP contribution in [-0.4, -0.2) is 33.9 Å². The van der Waals surface area contributed by atoms with Gasteiger partial charge in [0.1, 0.15) is 5.69 Å². The zero-order valence-corrected chi connectivity index (χ0v) is 15.9. The standard InChI is InChI=1S/C22H27N3O2/c1-24-14-5-9-20(24)21(26)23-18-12-10-17(11-13-18)22(27)25-15-4-7-16-6-2-3-8-19(16)25/h5,9-14,16,19H,2-4,6-8,15H2,1H3,(H,23,26)/t16-,19-/m0/s1. The van der Waals surface area contributed by atoms with Crippen molar-refractivity contribution >= 4 is 17.5 Å². The number of piperidine rings is 1. The Bertz CT molecular complexity index is 822. The van der Waals surface area contributed by atoms with Gasteiger partial charge in [0, 0.05) is 37.1 Å². The van der Waals surface area contributed by atoms with Crippen molar-refractivity contribution in [2.45, 2.75) is 44.6 Å². The minimum Gasteiger partial charge on any atom is -0.347 e. The molecule has 1 N–H and O–H groups in total. The molecule has 1 aliphatic carbocycles. The van der Waals surface area contributed by atoms with Gasteiger partial charge in [0.25, 0.3) is 11.8 Å². The van der Waals surface area contributed by atoms with Gasteiger partial charge in [-0.15, -0.1) is 0 Å². The summed E-state index contributed by atoms with van der Waals surface area (Å²) in [7, 11) is 1.84. The van der Waals surface area contributed by atoms with Gasteiger partial charge in [-0.2, -0.15) is 0 Å². The van der Waals surface area contributed by atoms with Crippen LogP contribution in [0.1, 0.15) is 59.4 Å². The number of nitrogens with zero attached hydrogens (tertiary/aromatic N) is 2. The number of hydrogen-bond donors (Lipinski definition) is 1. The van der Waals surface area contributed by atoms with Crippen molar-refractivity contribution in [2.75, 3.05) is 11.9 Å². The summed E-state index contributed by atoms with van der Waals surface area (Å²) < 4.78 is 1.78. The van der Waals surface area contributed by atoms with Crippen molar-refractivity contribution < 1.29 is 9.59 Å². The summed E-state index contributed by atoms with van der Waals surface area (Å²) in [6.45, 7) is 0.867. The molecule has 27 heavy (non-hydrogen) atoms. The van der Waals surface area contributed by atoms with E-state index in [1.807, 2.05) is 43.6 Å². The Morgan fingerprint density at radius 3 is 2.48 bits per heavy atom. The number of carbonyl (C=O) groups excluding carboxylic acids is 2. The normalized spacial score (nSPS) is 22.2. The van der Waals surface area contributed by atoms with Crippen molar-refractivity contribution in [2.24, 2.45) is 13.0 Å². The number of anilines is 1. The molecule has 5 nitrogen and oxygen atoms in total. The largest absolute Gasteiger partial charge is 0.347 e. The number of nitrogens with one attached hydrogen (secondary N) is 1. The molecule has 0 bridgehead atoms. The second-order valence-electron chi connectivity index (χ2n) is 7.79. The van der Waals surface area contributed by atoms with Crippen molar-refractivity contribution in [3.8, 4) is 0 Å². The van der Waals surface area contributed by atoms with Crippen molar-refractivity contribution in [3.05, 3.63) is 53.9 Å². The molecular formula is C22H27N3O2. The van der Waals surface area contributed by atoms with Crippen LogP contribution >= 0.6 is 0 Å². The maximum Gasteiger partial charge on any atom is 0.272 e. The highest BCUT2D eigenvalue weighted by Gasteiger charge is 2.35. The van der Waals surface area contributed by atoms with Crippen molar-refractivity contribution in [1.29, 1.82) is 0 Å². The van der Waals surface area contributed by atoms with Gasteiger partial charge in [0.2, 0.25) is 0 Å². The average molecular weight is 365 g/mol. The lowest BCUT2D eigenvalue weighted by Gasteiger charge is -2.44. The van der Waals surface area contributed by atoms with E-state index >= 15 is 0 Å². The summed E-state index contributed by atoms with van der Waals surface area (Å²) in [5, 5.41) is 2.89. The van der Waals surface area contributed by atoms with E-state index < -0.39 is 0 Å². The first-order chi connectivity index (χ1) is 13.1. The molecular weight excluding hydrogens is 338 g/mol. The van der Waals surface area contributed by atoms with Crippen LogP contribution < -0.4 is 5.32 Å². The molecule has 2 heterocycles.